The quantitative estimate of drug-likeness (QED) is 0.821. The molecule has 0 spiro atoms. The SMILES string of the molecule is CSCCN1CCC(NC(=O)C(c2cccc(C)c2)N(C)C)CC1. The van der Waals surface area contributed by atoms with Crippen LogP contribution in [0.5, 0.6) is 0 Å². The smallest absolute Gasteiger partial charge is 0.242 e. The fraction of sp³-hybridized carbons (Fsp3) is 0.632. The summed E-state index contributed by atoms with van der Waals surface area (Å²) in [6.45, 7) is 5.40. The summed E-state index contributed by atoms with van der Waals surface area (Å²) in [6.07, 6.45) is 4.25. The molecular formula is C19H31N3OS. The number of likely N-dealkylation sites (tertiary alicyclic amines) is 1. The lowest BCUT2D eigenvalue weighted by atomic mass is 10.0. The van der Waals surface area contributed by atoms with Crippen LogP contribution >= 0.6 is 11.8 Å². The van der Waals surface area contributed by atoms with E-state index in [2.05, 4.69) is 35.5 Å². The number of hydrogen-bond acceptors (Lipinski definition) is 4. The Bertz CT molecular complexity index is 527. The number of amides is 1. The van der Waals surface area contributed by atoms with Crippen molar-refractivity contribution in [3.8, 4) is 0 Å². The van der Waals surface area contributed by atoms with Crippen molar-refractivity contribution >= 4 is 17.7 Å². The standard InChI is InChI=1S/C19H31N3OS/c1-15-6-5-7-16(14-15)18(21(2)3)19(23)20-17-8-10-22(11-9-17)12-13-24-4/h5-7,14,17-18H,8-13H2,1-4H3,(H,20,23). The molecule has 1 saturated heterocycles. The van der Waals surface area contributed by atoms with Gasteiger partial charge in [-0.15, -0.1) is 0 Å². The van der Waals surface area contributed by atoms with Crippen molar-refractivity contribution in [1.82, 2.24) is 15.1 Å². The van der Waals surface area contributed by atoms with E-state index in [0.717, 1.165) is 38.0 Å². The molecule has 1 aromatic rings. The van der Waals surface area contributed by atoms with Crippen LogP contribution in [0, 0.1) is 6.92 Å². The maximum absolute atomic E-state index is 12.8. The Balaban J connectivity index is 1.92. The van der Waals surface area contributed by atoms with Gasteiger partial charge in [0.1, 0.15) is 6.04 Å². The summed E-state index contributed by atoms with van der Waals surface area (Å²) in [5, 5.41) is 3.28. The van der Waals surface area contributed by atoms with Gasteiger partial charge in [0, 0.05) is 31.4 Å². The van der Waals surface area contributed by atoms with Crippen LogP contribution in [0.25, 0.3) is 0 Å². The van der Waals surface area contributed by atoms with E-state index in [4.69, 9.17) is 0 Å². The van der Waals surface area contributed by atoms with Gasteiger partial charge in [-0.2, -0.15) is 11.8 Å². The molecule has 2 rings (SSSR count). The first-order valence-electron chi connectivity index (χ1n) is 8.76. The van der Waals surface area contributed by atoms with Gasteiger partial charge in [0.15, 0.2) is 0 Å². The predicted molar refractivity (Wildman–Crippen MR) is 104 cm³/mol. The summed E-state index contributed by atoms with van der Waals surface area (Å²) in [4.78, 5) is 17.3. The normalized spacial score (nSPS) is 17.9. The molecule has 5 heteroatoms. The van der Waals surface area contributed by atoms with Crippen LogP contribution in [-0.2, 0) is 4.79 Å². The Morgan fingerprint density at radius 2 is 2.08 bits per heavy atom. The monoisotopic (exact) mass is 349 g/mol. The minimum Gasteiger partial charge on any atom is -0.352 e. The van der Waals surface area contributed by atoms with E-state index in [1.807, 2.05) is 42.9 Å². The van der Waals surface area contributed by atoms with Crippen molar-refractivity contribution in [1.29, 1.82) is 0 Å². The molecule has 1 amide bonds. The van der Waals surface area contributed by atoms with Crippen molar-refractivity contribution in [2.75, 3.05) is 45.7 Å². The van der Waals surface area contributed by atoms with Crippen LogP contribution in [0.15, 0.2) is 24.3 Å². The van der Waals surface area contributed by atoms with Crippen LogP contribution < -0.4 is 5.32 Å². The van der Waals surface area contributed by atoms with Crippen molar-refractivity contribution in [3.05, 3.63) is 35.4 Å². The van der Waals surface area contributed by atoms with Crippen molar-refractivity contribution in [2.45, 2.75) is 31.8 Å². The zero-order chi connectivity index (χ0) is 17.5. The van der Waals surface area contributed by atoms with Gasteiger partial charge < -0.3 is 10.2 Å². The summed E-state index contributed by atoms with van der Waals surface area (Å²) in [6, 6.07) is 8.32. The number of carbonyl (C=O) groups is 1. The van der Waals surface area contributed by atoms with Gasteiger partial charge in [-0.05, 0) is 45.7 Å². The number of hydrogen-bond donors (Lipinski definition) is 1. The largest absolute Gasteiger partial charge is 0.352 e. The fourth-order valence-corrected chi connectivity index (χ4v) is 3.77. The molecule has 0 bridgehead atoms. The molecule has 1 aliphatic rings. The van der Waals surface area contributed by atoms with Gasteiger partial charge in [0.25, 0.3) is 0 Å². The maximum Gasteiger partial charge on any atom is 0.242 e. The summed E-state index contributed by atoms with van der Waals surface area (Å²) in [5.74, 6) is 1.31. The number of aryl methyl sites for hydroxylation is 1. The fourth-order valence-electron chi connectivity index (χ4n) is 3.33. The van der Waals surface area contributed by atoms with E-state index < -0.39 is 0 Å². The molecule has 0 aliphatic carbocycles. The molecule has 24 heavy (non-hydrogen) atoms. The molecule has 1 unspecified atom stereocenters. The highest BCUT2D eigenvalue weighted by atomic mass is 32.2. The molecule has 134 valence electrons. The van der Waals surface area contributed by atoms with Gasteiger partial charge in [-0.25, -0.2) is 0 Å². The second kappa shape index (κ2) is 9.44. The van der Waals surface area contributed by atoms with Gasteiger partial charge in [0.05, 0.1) is 0 Å². The predicted octanol–water partition coefficient (Wildman–Crippen LogP) is 2.54. The first-order valence-corrected chi connectivity index (χ1v) is 10.2. The molecule has 1 atom stereocenters. The molecule has 1 aliphatic heterocycles. The number of nitrogens with zero attached hydrogens (tertiary/aromatic N) is 2. The van der Waals surface area contributed by atoms with E-state index in [-0.39, 0.29) is 11.9 Å². The summed E-state index contributed by atoms with van der Waals surface area (Å²) < 4.78 is 0. The summed E-state index contributed by atoms with van der Waals surface area (Å²) in [7, 11) is 3.94. The Morgan fingerprint density at radius 1 is 1.38 bits per heavy atom. The van der Waals surface area contributed by atoms with Gasteiger partial charge >= 0.3 is 0 Å². The van der Waals surface area contributed by atoms with Crippen LogP contribution in [0.1, 0.15) is 30.0 Å². The second-order valence-corrected chi connectivity index (χ2v) is 7.88. The van der Waals surface area contributed by atoms with Crippen molar-refractivity contribution in [2.24, 2.45) is 0 Å². The molecule has 1 heterocycles. The van der Waals surface area contributed by atoms with Gasteiger partial charge in [-0.3, -0.25) is 9.69 Å². The number of thioether (sulfide) groups is 1. The zero-order valence-corrected chi connectivity index (χ0v) is 16.2. The minimum absolute atomic E-state index is 0.119. The van der Waals surface area contributed by atoms with Crippen LogP contribution in [0.2, 0.25) is 0 Å². The Kier molecular flexibility index (Phi) is 7.59. The maximum atomic E-state index is 12.8. The van der Waals surface area contributed by atoms with Crippen LogP contribution in [0.3, 0.4) is 0 Å². The molecule has 1 aromatic carbocycles. The molecule has 0 aromatic heterocycles. The van der Waals surface area contributed by atoms with Crippen molar-refractivity contribution in [3.63, 3.8) is 0 Å². The number of benzene rings is 1. The minimum atomic E-state index is -0.223. The van der Waals surface area contributed by atoms with E-state index in [9.17, 15) is 4.79 Å². The number of nitrogens with one attached hydrogen (secondary N) is 1. The lowest BCUT2D eigenvalue weighted by Gasteiger charge is -2.33. The van der Waals surface area contributed by atoms with E-state index in [1.165, 1.54) is 11.3 Å². The molecule has 0 saturated carbocycles. The topological polar surface area (TPSA) is 35.6 Å². The average molecular weight is 350 g/mol. The lowest BCUT2D eigenvalue weighted by molar-refractivity contribution is -0.126. The third-order valence-corrected chi connectivity index (χ3v) is 5.26. The summed E-state index contributed by atoms with van der Waals surface area (Å²) >= 11 is 1.90. The number of likely N-dealkylation sites (N-methyl/N-ethyl adjacent to an activating group) is 1. The number of carbonyl (C=O) groups excluding carboxylic acids is 1. The third-order valence-electron chi connectivity index (χ3n) is 4.67. The lowest BCUT2D eigenvalue weighted by Crippen LogP contribution is -2.48. The van der Waals surface area contributed by atoms with Gasteiger partial charge in [-0.1, -0.05) is 29.8 Å². The molecular weight excluding hydrogens is 318 g/mol. The molecule has 4 nitrogen and oxygen atoms in total. The van der Waals surface area contributed by atoms with Crippen LogP contribution in [0.4, 0.5) is 0 Å². The van der Waals surface area contributed by atoms with Crippen LogP contribution in [-0.4, -0.2) is 67.5 Å². The highest BCUT2D eigenvalue weighted by Crippen LogP contribution is 2.21. The molecule has 0 radical (unpaired) electrons. The third kappa shape index (κ3) is 5.50. The number of rotatable bonds is 7. The Labute approximate surface area is 151 Å². The second-order valence-electron chi connectivity index (χ2n) is 6.90. The van der Waals surface area contributed by atoms with E-state index in [1.54, 1.807) is 0 Å². The number of piperidine rings is 1. The zero-order valence-electron chi connectivity index (χ0n) is 15.4. The Hall–Kier alpha value is -1.04. The van der Waals surface area contributed by atoms with E-state index in [0.29, 0.717) is 6.04 Å². The van der Waals surface area contributed by atoms with E-state index >= 15 is 0 Å². The summed E-state index contributed by atoms with van der Waals surface area (Å²) in [5.41, 5.74) is 2.25. The first kappa shape index (κ1) is 19.3. The highest BCUT2D eigenvalue weighted by molar-refractivity contribution is 7.98. The first-order chi connectivity index (χ1) is 11.5. The highest BCUT2D eigenvalue weighted by Gasteiger charge is 2.27. The average Bonchev–Trinajstić information content (AvgIpc) is 2.54. The molecule has 1 fully saturated rings. The van der Waals surface area contributed by atoms with Gasteiger partial charge in [0.2, 0.25) is 5.91 Å². The molecule has 1 N–H and O–H groups in total. The van der Waals surface area contributed by atoms with Crippen molar-refractivity contribution < 1.29 is 4.79 Å². The Morgan fingerprint density at radius 3 is 2.67 bits per heavy atom.